The van der Waals surface area contributed by atoms with Gasteiger partial charge in [0.25, 0.3) is 5.56 Å². The van der Waals surface area contributed by atoms with E-state index >= 15 is 0 Å². The fraction of sp³-hybridized carbons (Fsp3) is 0.450. The zero-order chi connectivity index (χ0) is 21.1. The molecular formula is C20H28N2O5S. The second kappa shape index (κ2) is 8.46. The van der Waals surface area contributed by atoms with E-state index < -0.39 is 10.0 Å². The van der Waals surface area contributed by atoms with E-state index in [0.717, 1.165) is 11.8 Å². The fourth-order valence-corrected chi connectivity index (χ4v) is 3.84. The highest BCUT2D eigenvalue weighted by Crippen LogP contribution is 2.37. The SMILES string of the molecule is COc1cc(CN(CCO)S(C)(=O)=O)c(-c2ccc[nH]c2=O)cc1C(C)(C)C. The van der Waals surface area contributed by atoms with E-state index in [0.29, 0.717) is 22.4 Å². The van der Waals surface area contributed by atoms with Gasteiger partial charge in [0.1, 0.15) is 5.75 Å². The lowest BCUT2D eigenvalue weighted by atomic mass is 9.83. The second-order valence-corrected chi connectivity index (χ2v) is 9.68. The molecule has 2 aromatic rings. The number of hydrogen-bond donors (Lipinski definition) is 2. The van der Waals surface area contributed by atoms with Gasteiger partial charge in [-0.2, -0.15) is 4.31 Å². The fourth-order valence-electron chi connectivity index (χ4n) is 3.06. The lowest BCUT2D eigenvalue weighted by Gasteiger charge is -2.26. The molecule has 0 radical (unpaired) electrons. The molecule has 7 nitrogen and oxygen atoms in total. The molecule has 0 fully saturated rings. The van der Waals surface area contributed by atoms with E-state index in [9.17, 15) is 18.3 Å². The average Bonchev–Trinajstić information content (AvgIpc) is 2.60. The van der Waals surface area contributed by atoms with E-state index in [1.165, 1.54) is 4.31 Å². The van der Waals surface area contributed by atoms with Crippen LogP contribution in [-0.4, -0.2) is 49.3 Å². The Morgan fingerprint density at radius 3 is 2.39 bits per heavy atom. The van der Waals surface area contributed by atoms with Gasteiger partial charge in [0.15, 0.2) is 0 Å². The number of nitrogens with zero attached hydrogens (tertiary/aromatic N) is 1. The molecule has 0 unspecified atom stereocenters. The minimum atomic E-state index is -3.55. The second-order valence-electron chi connectivity index (χ2n) is 7.69. The van der Waals surface area contributed by atoms with Crippen molar-refractivity contribution in [3.8, 4) is 16.9 Å². The smallest absolute Gasteiger partial charge is 0.255 e. The Balaban J connectivity index is 2.76. The maximum atomic E-state index is 12.4. The highest BCUT2D eigenvalue weighted by molar-refractivity contribution is 7.88. The predicted molar refractivity (Wildman–Crippen MR) is 110 cm³/mol. The number of H-pyrrole nitrogens is 1. The van der Waals surface area contributed by atoms with Crippen molar-refractivity contribution in [1.29, 1.82) is 0 Å². The number of aliphatic hydroxyl groups is 1. The Morgan fingerprint density at radius 1 is 1.21 bits per heavy atom. The quantitative estimate of drug-likeness (QED) is 0.731. The van der Waals surface area contributed by atoms with Gasteiger partial charge in [-0.3, -0.25) is 4.79 Å². The summed E-state index contributed by atoms with van der Waals surface area (Å²) >= 11 is 0. The first kappa shape index (κ1) is 22.1. The van der Waals surface area contributed by atoms with Gasteiger partial charge in [0.05, 0.1) is 20.0 Å². The third kappa shape index (κ3) is 5.01. The van der Waals surface area contributed by atoms with Crippen LogP contribution in [0.4, 0.5) is 0 Å². The van der Waals surface area contributed by atoms with Gasteiger partial charge in [-0.15, -0.1) is 0 Å². The average molecular weight is 409 g/mol. The highest BCUT2D eigenvalue weighted by atomic mass is 32.2. The Bertz CT molecular complexity index is 990. The van der Waals surface area contributed by atoms with Crippen molar-refractivity contribution in [3.63, 3.8) is 0 Å². The zero-order valence-corrected chi connectivity index (χ0v) is 17.8. The van der Waals surface area contributed by atoms with Gasteiger partial charge >= 0.3 is 0 Å². The summed E-state index contributed by atoms with van der Waals surface area (Å²) in [5, 5.41) is 9.27. The summed E-state index contributed by atoms with van der Waals surface area (Å²) in [5.74, 6) is 0.621. The Hall–Kier alpha value is -2.16. The van der Waals surface area contributed by atoms with Crippen LogP contribution in [0.5, 0.6) is 5.75 Å². The van der Waals surface area contributed by atoms with Crippen molar-refractivity contribution in [2.24, 2.45) is 0 Å². The van der Waals surface area contributed by atoms with Crippen molar-refractivity contribution in [1.82, 2.24) is 9.29 Å². The van der Waals surface area contributed by atoms with Crippen LogP contribution in [-0.2, 0) is 22.0 Å². The van der Waals surface area contributed by atoms with Crippen LogP contribution in [0.3, 0.4) is 0 Å². The Kier molecular flexibility index (Phi) is 6.69. The summed E-state index contributed by atoms with van der Waals surface area (Å²) in [6, 6.07) is 7.09. The molecular weight excluding hydrogens is 380 g/mol. The number of methoxy groups -OCH3 is 1. The van der Waals surface area contributed by atoms with E-state index in [2.05, 4.69) is 4.98 Å². The first-order chi connectivity index (χ1) is 13.0. The van der Waals surface area contributed by atoms with E-state index in [-0.39, 0.29) is 30.7 Å². The highest BCUT2D eigenvalue weighted by Gasteiger charge is 2.25. The summed E-state index contributed by atoms with van der Waals surface area (Å²) in [6.07, 6.45) is 2.65. The minimum absolute atomic E-state index is 0.0177. The van der Waals surface area contributed by atoms with Crippen LogP contribution in [0.2, 0.25) is 0 Å². The van der Waals surface area contributed by atoms with E-state index in [1.807, 2.05) is 26.8 Å². The van der Waals surface area contributed by atoms with Crippen LogP contribution >= 0.6 is 0 Å². The molecule has 0 aliphatic rings. The van der Waals surface area contributed by atoms with Gasteiger partial charge in [-0.05, 0) is 40.8 Å². The summed E-state index contributed by atoms with van der Waals surface area (Å²) in [5.41, 5.74) is 2.11. The third-order valence-electron chi connectivity index (χ3n) is 4.51. The number of benzene rings is 1. The van der Waals surface area contributed by atoms with Gasteiger partial charge in [-0.1, -0.05) is 20.8 Å². The lowest BCUT2D eigenvalue weighted by Crippen LogP contribution is -2.32. The molecule has 28 heavy (non-hydrogen) atoms. The number of aromatic amines is 1. The van der Waals surface area contributed by atoms with Crippen LogP contribution in [0.1, 0.15) is 31.9 Å². The van der Waals surface area contributed by atoms with Gasteiger partial charge in [-0.25, -0.2) is 8.42 Å². The molecule has 0 atom stereocenters. The molecule has 0 spiro atoms. The van der Waals surface area contributed by atoms with Crippen molar-refractivity contribution in [3.05, 3.63) is 51.9 Å². The lowest BCUT2D eigenvalue weighted by molar-refractivity contribution is 0.251. The zero-order valence-electron chi connectivity index (χ0n) is 16.9. The maximum Gasteiger partial charge on any atom is 0.255 e. The van der Waals surface area contributed by atoms with Crippen molar-refractivity contribution < 1.29 is 18.3 Å². The molecule has 2 rings (SSSR count). The Morgan fingerprint density at radius 2 is 1.89 bits per heavy atom. The molecule has 154 valence electrons. The third-order valence-corrected chi connectivity index (χ3v) is 5.76. The van der Waals surface area contributed by atoms with Gasteiger partial charge in [0, 0.05) is 30.4 Å². The number of pyridine rings is 1. The number of sulfonamides is 1. The predicted octanol–water partition coefficient (Wildman–Crippen LogP) is 2.10. The number of nitrogens with one attached hydrogen (secondary N) is 1. The number of aromatic nitrogens is 1. The molecule has 1 aromatic heterocycles. The molecule has 0 aliphatic heterocycles. The largest absolute Gasteiger partial charge is 0.496 e. The molecule has 0 aliphatic carbocycles. The van der Waals surface area contributed by atoms with Crippen LogP contribution < -0.4 is 10.3 Å². The molecule has 0 saturated heterocycles. The van der Waals surface area contributed by atoms with Crippen LogP contribution in [0.25, 0.3) is 11.1 Å². The van der Waals surface area contributed by atoms with Gasteiger partial charge < -0.3 is 14.8 Å². The van der Waals surface area contributed by atoms with Gasteiger partial charge in [0.2, 0.25) is 10.0 Å². The molecule has 8 heteroatoms. The Labute approximate surface area is 166 Å². The van der Waals surface area contributed by atoms with E-state index in [1.54, 1.807) is 31.5 Å². The maximum absolute atomic E-state index is 12.4. The molecule has 0 saturated carbocycles. The number of aliphatic hydroxyl groups excluding tert-OH is 1. The molecule has 2 N–H and O–H groups in total. The summed E-state index contributed by atoms with van der Waals surface area (Å²) in [7, 11) is -1.98. The minimum Gasteiger partial charge on any atom is -0.496 e. The molecule has 0 bridgehead atoms. The summed E-state index contributed by atoms with van der Waals surface area (Å²) in [6.45, 7) is 5.80. The number of hydrogen-bond acceptors (Lipinski definition) is 5. The van der Waals surface area contributed by atoms with Crippen LogP contribution in [0.15, 0.2) is 35.3 Å². The first-order valence-corrected chi connectivity index (χ1v) is 10.8. The summed E-state index contributed by atoms with van der Waals surface area (Å²) < 4.78 is 31.0. The van der Waals surface area contributed by atoms with Crippen molar-refractivity contribution in [2.75, 3.05) is 26.5 Å². The molecule has 0 amide bonds. The van der Waals surface area contributed by atoms with Crippen molar-refractivity contribution in [2.45, 2.75) is 32.7 Å². The normalized spacial score (nSPS) is 12.4. The number of rotatable bonds is 7. The molecule has 1 aromatic carbocycles. The molecule has 1 heterocycles. The first-order valence-electron chi connectivity index (χ1n) is 8.94. The standard InChI is InChI=1S/C20H28N2O5S/c1-20(2,3)17-12-16(15-7-6-8-21-19(15)24)14(11-18(17)27-4)13-22(9-10-23)28(5,25)26/h6-8,11-12,23H,9-10,13H2,1-5H3,(H,21,24). The topological polar surface area (TPSA) is 99.7 Å². The monoisotopic (exact) mass is 408 g/mol. The van der Waals surface area contributed by atoms with E-state index in [4.69, 9.17) is 4.74 Å². The summed E-state index contributed by atoms with van der Waals surface area (Å²) in [4.78, 5) is 15.1. The van der Waals surface area contributed by atoms with Crippen LogP contribution in [0, 0.1) is 0 Å². The number of ether oxygens (including phenoxy) is 1. The van der Waals surface area contributed by atoms with Crippen molar-refractivity contribution >= 4 is 10.0 Å².